The van der Waals surface area contributed by atoms with Crippen LogP contribution in [0.25, 0.3) is 0 Å². The first kappa shape index (κ1) is 22.9. The predicted octanol–water partition coefficient (Wildman–Crippen LogP) is 5.95. The summed E-state index contributed by atoms with van der Waals surface area (Å²) in [5.41, 5.74) is 8.00. The van der Waals surface area contributed by atoms with E-state index in [1.807, 2.05) is 29.3 Å². The lowest BCUT2D eigenvalue weighted by molar-refractivity contribution is -0.119. The maximum Gasteiger partial charge on any atom is 0.281 e. The normalized spacial score (nSPS) is 15.5. The summed E-state index contributed by atoms with van der Waals surface area (Å²) in [5, 5.41) is 8.03. The van der Waals surface area contributed by atoms with E-state index >= 15 is 0 Å². The van der Waals surface area contributed by atoms with Gasteiger partial charge in [0.15, 0.2) is 0 Å². The number of carbonyl (C=O) groups is 1. The first-order valence-electron chi connectivity index (χ1n) is 10.1. The average Bonchev–Trinajstić information content (AvgIpc) is 2.99. The SMILES string of the molecule is O=C(NN1CCCCCC1)/C(CCc1ccc(Cl)cc1)=N/Nc1ccc(Cl)cc1Cl. The number of benzene rings is 2. The van der Waals surface area contributed by atoms with Crippen LogP contribution in [0, 0.1) is 0 Å². The molecular formula is C22H25Cl3N4O. The molecule has 5 nitrogen and oxygen atoms in total. The van der Waals surface area contributed by atoms with Crippen molar-refractivity contribution in [1.29, 1.82) is 0 Å². The van der Waals surface area contributed by atoms with Crippen molar-refractivity contribution < 1.29 is 4.79 Å². The molecule has 0 spiro atoms. The molecule has 0 atom stereocenters. The second-order valence-corrected chi connectivity index (χ2v) is 8.54. The number of nitrogens with zero attached hydrogens (tertiary/aromatic N) is 2. The minimum Gasteiger partial charge on any atom is -0.284 e. The van der Waals surface area contributed by atoms with E-state index in [1.54, 1.807) is 18.2 Å². The molecule has 0 aromatic heterocycles. The number of aryl methyl sites for hydroxylation is 1. The van der Waals surface area contributed by atoms with Gasteiger partial charge in [0.05, 0.1) is 10.7 Å². The summed E-state index contributed by atoms with van der Waals surface area (Å²) >= 11 is 18.1. The maximum absolute atomic E-state index is 13.0. The summed E-state index contributed by atoms with van der Waals surface area (Å²) < 4.78 is 0. The van der Waals surface area contributed by atoms with Crippen molar-refractivity contribution in [1.82, 2.24) is 10.4 Å². The Bertz CT molecular complexity index is 878. The smallest absolute Gasteiger partial charge is 0.281 e. The van der Waals surface area contributed by atoms with Crippen molar-refractivity contribution >= 4 is 52.1 Å². The van der Waals surface area contributed by atoms with Crippen LogP contribution in [0.2, 0.25) is 15.1 Å². The molecule has 0 bridgehead atoms. The summed E-state index contributed by atoms with van der Waals surface area (Å²) in [6.45, 7) is 1.71. The van der Waals surface area contributed by atoms with Gasteiger partial charge in [-0.05, 0) is 55.2 Å². The van der Waals surface area contributed by atoms with Crippen LogP contribution < -0.4 is 10.9 Å². The predicted molar refractivity (Wildman–Crippen MR) is 125 cm³/mol. The zero-order valence-electron chi connectivity index (χ0n) is 16.6. The fraction of sp³-hybridized carbons (Fsp3) is 0.364. The number of amides is 1. The number of hydrazone groups is 1. The highest BCUT2D eigenvalue weighted by atomic mass is 35.5. The van der Waals surface area contributed by atoms with E-state index in [2.05, 4.69) is 16.0 Å². The summed E-state index contributed by atoms with van der Waals surface area (Å²) in [6.07, 6.45) is 5.69. The van der Waals surface area contributed by atoms with Gasteiger partial charge in [-0.2, -0.15) is 5.10 Å². The number of anilines is 1. The molecule has 3 rings (SSSR count). The second kappa shape index (κ2) is 11.6. The van der Waals surface area contributed by atoms with Gasteiger partial charge in [-0.1, -0.05) is 59.8 Å². The molecule has 160 valence electrons. The fourth-order valence-electron chi connectivity index (χ4n) is 3.23. The standard InChI is InChI=1S/C22H25Cl3N4O/c23-17-8-5-16(6-9-17)7-11-21(22(30)28-29-13-3-1-2-4-14-29)27-26-20-12-10-18(24)15-19(20)25/h5-6,8-10,12,15,26H,1-4,7,11,13-14H2,(H,28,30)/b27-21+. The zero-order valence-corrected chi connectivity index (χ0v) is 18.9. The highest BCUT2D eigenvalue weighted by Gasteiger charge is 2.17. The van der Waals surface area contributed by atoms with Crippen LogP contribution in [0.4, 0.5) is 5.69 Å². The Morgan fingerprint density at radius 2 is 1.60 bits per heavy atom. The van der Waals surface area contributed by atoms with Gasteiger partial charge in [-0.15, -0.1) is 0 Å². The van der Waals surface area contributed by atoms with E-state index in [4.69, 9.17) is 34.8 Å². The molecule has 2 N–H and O–H groups in total. The minimum absolute atomic E-state index is 0.205. The van der Waals surface area contributed by atoms with Crippen LogP contribution >= 0.6 is 34.8 Å². The van der Waals surface area contributed by atoms with Crippen LogP contribution in [-0.4, -0.2) is 29.7 Å². The number of carbonyl (C=O) groups excluding carboxylic acids is 1. The maximum atomic E-state index is 13.0. The monoisotopic (exact) mass is 466 g/mol. The largest absolute Gasteiger partial charge is 0.284 e. The molecule has 0 saturated carbocycles. The van der Waals surface area contributed by atoms with Crippen molar-refractivity contribution in [2.24, 2.45) is 5.10 Å². The average molecular weight is 468 g/mol. The van der Waals surface area contributed by atoms with Gasteiger partial charge in [0.2, 0.25) is 0 Å². The Hall–Kier alpha value is -1.79. The number of hydrogen-bond acceptors (Lipinski definition) is 4. The Labute approximate surface area is 192 Å². The number of hydrazine groups is 1. The Morgan fingerprint density at radius 3 is 2.27 bits per heavy atom. The summed E-state index contributed by atoms with van der Waals surface area (Å²) in [7, 11) is 0. The van der Waals surface area contributed by atoms with Crippen molar-refractivity contribution in [2.75, 3.05) is 18.5 Å². The fourth-order valence-corrected chi connectivity index (χ4v) is 3.81. The van der Waals surface area contributed by atoms with Crippen LogP contribution in [0.3, 0.4) is 0 Å². The van der Waals surface area contributed by atoms with Crippen molar-refractivity contribution in [3.05, 3.63) is 63.1 Å². The molecule has 2 aromatic carbocycles. The Morgan fingerprint density at radius 1 is 0.933 bits per heavy atom. The van der Waals surface area contributed by atoms with E-state index in [1.165, 1.54) is 12.8 Å². The third-order valence-electron chi connectivity index (χ3n) is 4.93. The van der Waals surface area contributed by atoms with Crippen LogP contribution in [-0.2, 0) is 11.2 Å². The molecule has 0 aliphatic carbocycles. The molecular weight excluding hydrogens is 443 g/mol. The lowest BCUT2D eigenvalue weighted by Gasteiger charge is -2.21. The Balaban J connectivity index is 1.72. The first-order valence-corrected chi connectivity index (χ1v) is 11.2. The van der Waals surface area contributed by atoms with Crippen LogP contribution in [0.15, 0.2) is 47.6 Å². The van der Waals surface area contributed by atoms with E-state index < -0.39 is 0 Å². The lowest BCUT2D eigenvalue weighted by atomic mass is 10.1. The number of rotatable bonds is 7. The topological polar surface area (TPSA) is 56.7 Å². The highest BCUT2D eigenvalue weighted by molar-refractivity contribution is 6.39. The van der Waals surface area contributed by atoms with Gasteiger partial charge in [0.25, 0.3) is 5.91 Å². The molecule has 0 radical (unpaired) electrons. The van der Waals surface area contributed by atoms with E-state index in [0.717, 1.165) is 31.5 Å². The van der Waals surface area contributed by atoms with Crippen molar-refractivity contribution in [2.45, 2.75) is 38.5 Å². The molecule has 1 amide bonds. The van der Waals surface area contributed by atoms with Gasteiger partial charge in [-0.25, -0.2) is 5.01 Å². The number of halogens is 3. The molecule has 0 unspecified atom stereocenters. The lowest BCUT2D eigenvalue weighted by Crippen LogP contribution is -2.46. The quantitative estimate of drug-likeness (QED) is 0.390. The van der Waals surface area contributed by atoms with Crippen LogP contribution in [0.1, 0.15) is 37.7 Å². The number of hydrogen-bond donors (Lipinski definition) is 2. The molecule has 1 fully saturated rings. The minimum atomic E-state index is -0.205. The first-order chi connectivity index (χ1) is 14.5. The third-order valence-corrected chi connectivity index (χ3v) is 5.73. The third kappa shape index (κ3) is 7.17. The van der Waals surface area contributed by atoms with E-state index in [0.29, 0.717) is 39.3 Å². The molecule has 1 saturated heterocycles. The summed E-state index contributed by atoms with van der Waals surface area (Å²) in [4.78, 5) is 13.0. The molecule has 8 heteroatoms. The second-order valence-electron chi connectivity index (χ2n) is 7.26. The van der Waals surface area contributed by atoms with Crippen molar-refractivity contribution in [3.63, 3.8) is 0 Å². The molecule has 2 aromatic rings. The zero-order chi connectivity index (χ0) is 21.3. The van der Waals surface area contributed by atoms with Gasteiger partial charge < -0.3 is 0 Å². The van der Waals surface area contributed by atoms with Crippen molar-refractivity contribution in [3.8, 4) is 0 Å². The highest BCUT2D eigenvalue weighted by Crippen LogP contribution is 2.25. The van der Waals surface area contributed by atoms with E-state index in [9.17, 15) is 4.79 Å². The molecule has 1 heterocycles. The Kier molecular flexibility index (Phi) is 8.82. The molecule has 30 heavy (non-hydrogen) atoms. The van der Waals surface area contributed by atoms with Gasteiger partial charge >= 0.3 is 0 Å². The van der Waals surface area contributed by atoms with Crippen LogP contribution in [0.5, 0.6) is 0 Å². The number of nitrogens with one attached hydrogen (secondary N) is 2. The van der Waals surface area contributed by atoms with Gasteiger partial charge in [-0.3, -0.25) is 15.6 Å². The van der Waals surface area contributed by atoms with Gasteiger partial charge in [0.1, 0.15) is 5.71 Å². The van der Waals surface area contributed by atoms with E-state index in [-0.39, 0.29) is 5.91 Å². The summed E-state index contributed by atoms with van der Waals surface area (Å²) in [6, 6.07) is 12.7. The molecule has 1 aliphatic rings. The summed E-state index contributed by atoms with van der Waals surface area (Å²) in [5.74, 6) is -0.205. The molecule has 1 aliphatic heterocycles. The van der Waals surface area contributed by atoms with Gasteiger partial charge in [0, 0.05) is 29.6 Å².